The zero-order chi connectivity index (χ0) is 24.5. The number of carbonyl (C=O) groups is 2. The quantitative estimate of drug-likeness (QED) is 0.221. The Bertz CT molecular complexity index is 1110. The first-order chi connectivity index (χ1) is 16.3. The number of aryl methyl sites for hydroxylation is 1. The maximum Gasteiger partial charge on any atom is 0.303 e. The fraction of sp³-hybridized carbons (Fsp3) is 0.357. The zero-order valence-corrected chi connectivity index (χ0v) is 20.6. The molecule has 5 nitrogen and oxygen atoms in total. The van der Waals surface area contributed by atoms with Gasteiger partial charge in [0.2, 0.25) is 0 Å². The standard InChI is InChI=1S/C28H32ClNO4/c1-20(16-27(32)33)15-26(31)28-24(22-10-4-3-5-11-22)18-30(2)25(28)13-6-7-14-34-19-21-9-8-12-23(29)17-21/h3-5,8-12,17-18,20H,6-7,13-16,19H2,1-2H3,(H,32,33)/t20-/m0/s1. The summed E-state index contributed by atoms with van der Waals surface area (Å²) in [7, 11) is 1.97. The molecule has 0 amide bonds. The normalized spacial score (nSPS) is 12.0. The van der Waals surface area contributed by atoms with Crippen molar-refractivity contribution in [1.29, 1.82) is 0 Å². The summed E-state index contributed by atoms with van der Waals surface area (Å²) in [6.07, 6.45) is 4.71. The van der Waals surface area contributed by atoms with Gasteiger partial charge in [-0.2, -0.15) is 0 Å². The highest BCUT2D eigenvalue weighted by Crippen LogP contribution is 2.31. The van der Waals surface area contributed by atoms with Crippen molar-refractivity contribution in [1.82, 2.24) is 4.57 Å². The number of Topliss-reactive ketones (excluding diaryl/α,β-unsaturated/α-hetero) is 1. The lowest BCUT2D eigenvalue weighted by atomic mass is 9.92. The third-order valence-electron chi connectivity index (χ3n) is 5.84. The topological polar surface area (TPSA) is 68.5 Å². The van der Waals surface area contributed by atoms with Crippen LogP contribution in [0, 0.1) is 5.92 Å². The number of benzene rings is 2. The number of nitrogens with zero attached hydrogens (tertiary/aromatic N) is 1. The minimum absolute atomic E-state index is 0.000379. The molecule has 0 aliphatic heterocycles. The number of aromatic nitrogens is 1. The van der Waals surface area contributed by atoms with Gasteiger partial charge in [-0.3, -0.25) is 9.59 Å². The van der Waals surface area contributed by atoms with Crippen molar-refractivity contribution < 1.29 is 19.4 Å². The average molecular weight is 482 g/mol. The van der Waals surface area contributed by atoms with Crippen LogP contribution in [0.5, 0.6) is 0 Å². The van der Waals surface area contributed by atoms with Crippen LogP contribution in [-0.2, 0) is 29.6 Å². The maximum atomic E-state index is 13.3. The molecule has 2 aromatic carbocycles. The zero-order valence-electron chi connectivity index (χ0n) is 19.8. The van der Waals surface area contributed by atoms with Gasteiger partial charge in [0.05, 0.1) is 6.61 Å². The predicted molar refractivity (Wildman–Crippen MR) is 135 cm³/mol. The van der Waals surface area contributed by atoms with Crippen molar-refractivity contribution in [3.63, 3.8) is 0 Å². The molecule has 0 aliphatic rings. The summed E-state index contributed by atoms with van der Waals surface area (Å²) < 4.78 is 7.83. The van der Waals surface area contributed by atoms with Crippen LogP contribution < -0.4 is 0 Å². The average Bonchev–Trinajstić information content (AvgIpc) is 3.12. The van der Waals surface area contributed by atoms with Gasteiger partial charge < -0.3 is 14.4 Å². The summed E-state index contributed by atoms with van der Waals surface area (Å²) in [5, 5.41) is 9.80. The summed E-state index contributed by atoms with van der Waals surface area (Å²) in [5.74, 6) is -1.10. The van der Waals surface area contributed by atoms with E-state index in [1.54, 1.807) is 0 Å². The molecule has 180 valence electrons. The molecule has 34 heavy (non-hydrogen) atoms. The summed E-state index contributed by atoms with van der Waals surface area (Å²) in [6.45, 7) is 2.96. The molecule has 1 N–H and O–H groups in total. The van der Waals surface area contributed by atoms with Crippen LogP contribution in [-0.4, -0.2) is 28.0 Å². The molecule has 1 aromatic heterocycles. The number of halogens is 1. The lowest BCUT2D eigenvalue weighted by Crippen LogP contribution is -2.13. The van der Waals surface area contributed by atoms with Gasteiger partial charge in [-0.25, -0.2) is 0 Å². The Kier molecular flexibility index (Phi) is 9.49. The summed E-state index contributed by atoms with van der Waals surface area (Å²) in [5.41, 5.74) is 4.64. The molecule has 3 rings (SSSR count). The Morgan fingerprint density at radius 3 is 2.53 bits per heavy atom. The van der Waals surface area contributed by atoms with Crippen molar-refractivity contribution in [2.24, 2.45) is 13.0 Å². The predicted octanol–water partition coefficient (Wildman–Crippen LogP) is 6.57. The van der Waals surface area contributed by atoms with Crippen LogP contribution >= 0.6 is 11.6 Å². The van der Waals surface area contributed by atoms with Crippen LogP contribution in [0.25, 0.3) is 11.1 Å². The van der Waals surface area contributed by atoms with Crippen molar-refractivity contribution in [2.75, 3.05) is 6.61 Å². The van der Waals surface area contributed by atoms with E-state index in [4.69, 9.17) is 21.4 Å². The number of rotatable bonds is 13. The van der Waals surface area contributed by atoms with Crippen molar-refractivity contribution in [3.8, 4) is 11.1 Å². The van der Waals surface area contributed by atoms with E-state index in [0.29, 0.717) is 23.8 Å². The molecular formula is C28H32ClNO4. The molecule has 1 heterocycles. The van der Waals surface area contributed by atoms with Crippen LogP contribution in [0.15, 0.2) is 60.8 Å². The van der Waals surface area contributed by atoms with E-state index in [1.165, 1.54) is 0 Å². The lowest BCUT2D eigenvalue weighted by molar-refractivity contribution is -0.137. The molecule has 6 heteroatoms. The highest BCUT2D eigenvalue weighted by atomic mass is 35.5. The first-order valence-corrected chi connectivity index (χ1v) is 12.0. The minimum atomic E-state index is -0.880. The Morgan fingerprint density at radius 2 is 1.82 bits per heavy atom. The number of hydrogen-bond acceptors (Lipinski definition) is 3. The number of aliphatic carboxylic acids is 1. The first kappa shape index (κ1) is 25.7. The van der Waals surface area contributed by atoms with E-state index in [2.05, 4.69) is 0 Å². The van der Waals surface area contributed by atoms with Gasteiger partial charge >= 0.3 is 5.97 Å². The van der Waals surface area contributed by atoms with Gasteiger partial charge in [0.15, 0.2) is 5.78 Å². The Balaban J connectivity index is 1.67. The van der Waals surface area contributed by atoms with Gasteiger partial charge in [0.1, 0.15) is 0 Å². The molecule has 0 radical (unpaired) electrons. The smallest absolute Gasteiger partial charge is 0.303 e. The molecule has 0 fully saturated rings. The number of ether oxygens (including phenoxy) is 1. The summed E-state index contributed by atoms with van der Waals surface area (Å²) >= 11 is 6.02. The van der Waals surface area contributed by atoms with Gasteiger partial charge in [-0.05, 0) is 48.4 Å². The van der Waals surface area contributed by atoms with E-state index in [0.717, 1.165) is 41.6 Å². The second-order valence-corrected chi connectivity index (χ2v) is 9.25. The minimum Gasteiger partial charge on any atom is -0.481 e. The van der Waals surface area contributed by atoms with Gasteiger partial charge in [0.25, 0.3) is 0 Å². The first-order valence-electron chi connectivity index (χ1n) is 11.7. The van der Waals surface area contributed by atoms with E-state index in [1.807, 2.05) is 79.3 Å². The number of hydrogen-bond donors (Lipinski definition) is 1. The number of carbonyl (C=O) groups excluding carboxylic acids is 1. The second kappa shape index (κ2) is 12.5. The fourth-order valence-corrected chi connectivity index (χ4v) is 4.43. The third-order valence-corrected chi connectivity index (χ3v) is 6.07. The van der Waals surface area contributed by atoms with Crippen molar-refractivity contribution in [2.45, 2.75) is 45.6 Å². The molecule has 3 aromatic rings. The Morgan fingerprint density at radius 1 is 1.06 bits per heavy atom. The van der Waals surface area contributed by atoms with E-state index in [-0.39, 0.29) is 24.5 Å². The summed E-state index contributed by atoms with van der Waals surface area (Å²) in [6, 6.07) is 17.5. The van der Waals surface area contributed by atoms with Gasteiger partial charge in [-0.15, -0.1) is 0 Å². The Labute approximate surface area is 206 Å². The lowest BCUT2D eigenvalue weighted by Gasteiger charge is -2.12. The molecule has 0 saturated heterocycles. The van der Waals surface area contributed by atoms with Crippen molar-refractivity contribution in [3.05, 3.63) is 82.6 Å². The molecular weight excluding hydrogens is 450 g/mol. The number of carboxylic acids is 1. The molecule has 0 bridgehead atoms. The number of unbranched alkanes of at least 4 members (excludes halogenated alkanes) is 1. The van der Waals surface area contributed by atoms with E-state index in [9.17, 15) is 9.59 Å². The van der Waals surface area contributed by atoms with Gasteiger partial charge in [0, 0.05) is 54.5 Å². The fourth-order valence-electron chi connectivity index (χ4n) is 4.22. The number of carboxylic acid groups (broad SMARTS) is 1. The van der Waals surface area contributed by atoms with Crippen LogP contribution in [0.1, 0.15) is 54.2 Å². The summed E-state index contributed by atoms with van der Waals surface area (Å²) in [4.78, 5) is 24.4. The SMILES string of the molecule is C[C@H](CC(=O)O)CC(=O)c1c(-c2ccccc2)cn(C)c1CCCCOCc1cccc(Cl)c1. The second-order valence-electron chi connectivity index (χ2n) is 8.81. The molecule has 0 unspecified atom stereocenters. The highest BCUT2D eigenvalue weighted by Gasteiger charge is 2.23. The molecule has 0 aliphatic carbocycles. The van der Waals surface area contributed by atoms with Gasteiger partial charge in [-0.1, -0.05) is 61.0 Å². The highest BCUT2D eigenvalue weighted by molar-refractivity contribution is 6.30. The monoisotopic (exact) mass is 481 g/mol. The van der Waals surface area contributed by atoms with Crippen LogP contribution in [0.4, 0.5) is 0 Å². The van der Waals surface area contributed by atoms with E-state index >= 15 is 0 Å². The van der Waals surface area contributed by atoms with E-state index < -0.39 is 5.97 Å². The number of ketones is 1. The molecule has 0 saturated carbocycles. The molecule has 1 atom stereocenters. The van der Waals surface area contributed by atoms with Crippen molar-refractivity contribution >= 4 is 23.4 Å². The largest absolute Gasteiger partial charge is 0.481 e. The van der Waals surface area contributed by atoms with Crippen LogP contribution in [0.2, 0.25) is 5.02 Å². The molecule has 0 spiro atoms. The Hall–Kier alpha value is -2.89. The maximum absolute atomic E-state index is 13.3. The third kappa shape index (κ3) is 7.31. The van der Waals surface area contributed by atoms with Crippen LogP contribution in [0.3, 0.4) is 0 Å².